The number of aryl methyl sites for hydroxylation is 1. The Morgan fingerprint density at radius 1 is 1.03 bits per heavy atom. The summed E-state index contributed by atoms with van der Waals surface area (Å²) in [7, 11) is 1.86. The molecule has 0 spiro atoms. The number of rotatable bonds is 4. The fourth-order valence-electron chi connectivity index (χ4n) is 4.20. The molecule has 0 N–H and O–H groups in total. The number of hydrogen-bond donors (Lipinski definition) is 0. The third-order valence-corrected chi connectivity index (χ3v) is 6.22. The smallest absolute Gasteiger partial charge is 0.253 e. The van der Waals surface area contributed by atoms with Crippen molar-refractivity contribution in [2.24, 2.45) is 7.05 Å². The molecule has 4 heterocycles. The monoisotopic (exact) mass is 458 g/mol. The fourth-order valence-corrected chi connectivity index (χ4v) is 4.39. The van der Waals surface area contributed by atoms with Crippen LogP contribution in [0.3, 0.4) is 0 Å². The second kappa shape index (κ2) is 9.11. The SMILES string of the molecule is Cn1cc(-c2cc(C(=O)N3CCC(c4cncc(-c5cccc(Cl)c5)n4)CC3)ccn2)cn1. The van der Waals surface area contributed by atoms with Gasteiger partial charge >= 0.3 is 0 Å². The quantitative estimate of drug-likeness (QED) is 0.446. The van der Waals surface area contributed by atoms with Crippen LogP contribution in [0.1, 0.15) is 34.8 Å². The number of carbonyl (C=O) groups excluding carboxylic acids is 1. The van der Waals surface area contributed by atoms with E-state index in [1.807, 2.05) is 54.7 Å². The number of hydrogen-bond acceptors (Lipinski definition) is 5. The summed E-state index contributed by atoms with van der Waals surface area (Å²) in [4.78, 5) is 28.7. The molecule has 0 aliphatic carbocycles. The van der Waals surface area contributed by atoms with Gasteiger partial charge in [-0.2, -0.15) is 5.10 Å². The van der Waals surface area contributed by atoms with Crippen LogP contribution in [0.4, 0.5) is 0 Å². The zero-order valence-electron chi connectivity index (χ0n) is 18.2. The van der Waals surface area contributed by atoms with Crippen molar-refractivity contribution in [3.63, 3.8) is 0 Å². The van der Waals surface area contributed by atoms with Crippen LogP contribution in [0.5, 0.6) is 0 Å². The Kier molecular flexibility index (Phi) is 5.88. The van der Waals surface area contributed by atoms with Gasteiger partial charge in [0.1, 0.15) is 0 Å². The number of carbonyl (C=O) groups is 1. The summed E-state index contributed by atoms with van der Waals surface area (Å²) in [6, 6.07) is 11.2. The average Bonchev–Trinajstić information content (AvgIpc) is 3.30. The Labute approximate surface area is 197 Å². The number of pyridine rings is 1. The molecule has 5 rings (SSSR count). The summed E-state index contributed by atoms with van der Waals surface area (Å²) in [6.07, 6.45) is 10.6. The highest BCUT2D eigenvalue weighted by atomic mass is 35.5. The molecule has 8 heteroatoms. The van der Waals surface area contributed by atoms with E-state index >= 15 is 0 Å². The normalized spacial score (nSPS) is 14.4. The predicted octanol–water partition coefficient (Wildman–Crippen LogP) is 4.61. The van der Waals surface area contributed by atoms with E-state index in [2.05, 4.69) is 15.1 Å². The van der Waals surface area contributed by atoms with E-state index in [1.54, 1.807) is 29.3 Å². The number of likely N-dealkylation sites (tertiary alicyclic amines) is 1. The zero-order valence-corrected chi connectivity index (χ0v) is 19.0. The van der Waals surface area contributed by atoms with Crippen molar-refractivity contribution in [2.45, 2.75) is 18.8 Å². The third-order valence-electron chi connectivity index (χ3n) is 5.98. The maximum absolute atomic E-state index is 13.1. The van der Waals surface area contributed by atoms with Crippen LogP contribution >= 0.6 is 11.6 Å². The van der Waals surface area contributed by atoms with Crippen LogP contribution in [0.2, 0.25) is 5.02 Å². The van der Waals surface area contributed by atoms with Gasteiger partial charge in [-0.3, -0.25) is 19.4 Å². The van der Waals surface area contributed by atoms with Gasteiger partial charge < -0.3 is 4.90 Å². The number of amides is 1. The molecule has 7 nitrogen and oxygen atoms in total. The molecule has 1 aromatic carbocycles. The van der Waals surface area contributed by atoms with Crippen LogP contribution in [0, 0.1) is 0 Å². The molecule has 166 valence electrons. The summed E-state index contributed by atoms with van der Waals surface area (Å²) < 4.78 is 1.72. The van der Waals surface area contributed by atoms with Crippen molar-refractivity contribution in [1.82, 2.24) is 29.6 Å². The van der Waals surface area contributed by atoms with Crippen molar-refractivity contribution in [3.8, 4) is 22.5 Å². The molecule has 0 saturated carbocycles. The highest BCUT2D eigenvalue weighted by molar-refractivity contribution is 6.30. The Hall–Kier alpha value is -3.58. The zero-order chi connectivity index (χ0) is 22.8. The number of piperidine rings is 1. The van der Waals surface area contributed by atoms with Gasteiger partial charge in [-0.25, -0.2) is 4.98 Å². The van der Waals surface area contributed by atoms with Gasteiger partial charge in [0.2, 0.25) is 0 Å². The van der Waals surface area contributed by atoms with Crippen LogP contribution in [-0.2, 0) is 7.05 Å². The van der Waals surface area contributed by atoms with Crippen molar-refractivity contribution < 1.29 is 4.79 Å². The van der Waals surface area contributed by atoms with Gasteiger partial charge in [-0.1, -0.05) is 23.7 Å². The minimum Gasteiger partial charge on any atom is -0.339 e. The van der Waals surface area contributed by atoms with Gasteiger partial charge in [0.05, 0.1) is 29.5 Å². The summed E-state index contributed by atoms with van der Waals surface area (Å²) in [5.41, 5.74) is 5.01. The molecule has 1 aliphatic heterocycles. The summed E-state index contributed by atoms with van der Waals surface area (Å²) in [6.45, 7) is 1.36. The molecule has 1 amide bonds. The van der Waals surface area contributed by atoms with Crippen LogP contribution < -0.4 is 0 Å². The van der Waals surface area contributed by atoms with Crippen LogP contribution in [0.25, 0.3) is 22.5 Å². The molecule has 1 aliphatic rings. The van der Waals surface area contributed by atoms with Crippen LogP contribution in [0.15, 0.2) is 67.4 Å². The van der Waals surface area contributed by atoms with E-state index in [0.29, 0.717) is 23.7 Å². The number of halogens is 1. The molecule has 0 radical (unpaired) electrons. The lowest BCUT2D eigenvalue weighted by Gasteiger charge is -2.31. The third kappa shape index (κ3) is 4.64. The molecule has 3 aromatic heterocycles. The van der Waals surface area contributed by atoms with Gasteiger partial charge in [0.25, 0.3) is 5.91 Å². The standard InChI is InChI=1S/C25H23ClN6O/c1-31-16-20(13-29-31)22-12-19(5-8-28-22)25(33)32-9-6-17(7-10-32)23-14-27-15-24(30-23)18-3-2-4-21(26)11-18/h2-5,8,11-17H,6-7,9-10H2,1H3. The molecular weight excluding hydrogens is 436 g/mol. The summed E-state index contributed by atoms with van der Waals surface area (Å²) in [5, 5.41) is 4.86. The maximum Gasteiger partial charge on any atom is 0.253 e. The number of nitrogens with zero attached hydrogens (tertiary/aromatic N) is 6. The number of aromatic nitrogens is 5. The molecule has 1 fully saturated rings. The lowest BCUT2D eigenvalue weighted by atomic mass is 9.93. The minimum atomic E-state index is 0.0275. The second-order valence-corrected chi connectivity index (χ2v) is 8.67. The van der Waals surface area contributed by atoms with Crippen molar-refractivity contribution >= 4 is 17.5 Å². The van der Waals surface area contributed by atoms with E-state index in [0.717, 1.165) is 41.1 Å². The van der Waals surface area contributed by atoms with E-state index in [1.165, 1.54) is 0 Å². The Bertz CT molecular complexity index is 1300. The first-order chi connectivity index (χ1) is 16.1. The molecule has 0 unspecified atom stereocenters. The van der Waals surface area contributed by atoms with Crippen molar-refractivity contribution in [3.05, 3.63) is 83.7 Å². The first kappa shape index (κ1) is 21.3. The van der Waals surface area contributed by atoms with Crippen molar-refractivity contribution in [2.75, 3.05) is 13.1 Å². The van der Waals surface area contributed by atoms with E-state index in [9.17, 15) is 4.79 Å². The molecule has 0 atom stereocenters. The average molecular weight is 459 g/mol. The summed E-state index contributed by atoms with van der Waals surface area (Å²) >= 11 is 6.13. The molecular formula is C25H23ClN6O. The molecule has 33 heavy (non-hydrogen) atoms. The molecule has 0 bridgehead atoms. The maximum atomic E-state index is 13.1. The van der Waals surface area contributed by atoms with E-state index < -0.39 is 0 Å². The van der Waals surface area contributed by atoms with Gasteiger partial charge in [-0.05, 0) is 37.1 Å². The first-order valence-corrected chi connectivity index (χ1v) is 11.3. The lowest BCUT2D eigenvalue weighted by Crippen LogP contribution is -2.38. The van der Waals surface area contributed by atoms with Gasteiger partial charge in [-0.15, -0.1) is 0 Å². The van der Waals surface area contributed by atoms with Gasteiger partial charge in [0.15, 0.2) is 0 Å². The summed E-state index contributed by atoms with van der Waals surface area (Å²) in [5.74, 6) is 0.295. The van der Waals surface area contributed by atoms with Crippen LogP contribution in [-0.4, -0.2) is 48.6 Å². The largest absolute Gasteiger partial charge is 0.339 e. The first-order valence-electron chi connectivity index (χ1n) is 10.9. The van der Waals surface area contributed by atoms with E-state index in [-0.39, 0.29) is 11.8 Å². The highest BCUT2D eigenvalue weighted by Gasteiger charge is 2.26. The van der Waals surface area contributed by atoms with E-state index in [4.69, 9.17) is 16.6 Å². The minimum absolute atomic E-state index is 0.0275. The Morgan fingerprint density at radius 3 is 2.64 bits per heavy atom. The molecule has 1 saturated heterocycles. The topological polar surface area (TPSA) is 76.8 Å². The predicted molar refractivity (Wildman–Crippen MR) is 127 cm³/mol. The Balaban J connectivity index is 1.27. The number of benzene rings is 1. The second-order valence-electron chi connectivity index (χ2n) is 8.24. The highest BCUT2D eigenvalue weighted by Crippen LogP contribution is 2.29. The van der Waals surface area contributed by atoms with Gasteiger partial charge in [0, 0.05) is 66.4 Å². The fraction of sp³-hybridized carbons (Fsp3) is 0.240. The Morgan fingerprint density at radius 2 is 1.88 bits per heavy atom. The lowest BCUT2D eigenvalue weighted by molar-refractivity contribution is 0.0712. The molecule has 4 aromatic rings. The van der Waals surface area contributed by atoms with Crippen molar-refractivity contribution in [1.29, 1.82) is 0 Å².